The van der Waals surface area contributed by atoms with E-state index >= 15 is 0 Å². The van der Waals surface area contributed by atoms with Crippen molar-refractivity contribution < 1.29 is 14.3 Å². The molecule has 3 heteroatoms. The number of allylic oxidation sites excluding steroid dienone is 2. The maximum absolute atomic E-state index is 12.9. The highest BCUT2D eigenvalue weighted by molar-refractivity contribution is 5.91. The number of hydrogen-bond acceptors (Lipinski definition) is 3. The van der Waals surface area contributed by atoms with Gasteiger partial charge in [0.2, 0.25) is 0 Å². The van der Waals surface area contributed by atoms with Gasteiger partial charge in [0.05, 0.1) is 6.61 Å². The van der Waals surface area contributed by atoms with Crippen LogP contribution >= 0.6 is 0 Å². The Kier molecular flexibility index (Phi) is 5.24. The largest absolute Gasteiger partial charge is 0.369 e. The molecule has 0 N–H and O–H groups in total. The van der Waals surface area contributed by atoms with Crippen LogP contribution in [0.4, 0.5) is 0 Å². The number of carbonyl (C=O) groups is 2. The molecule has 8 unspecified atom stereocenters. The van der Waals surface area contributed by atoms with E-state index in [0.717, 1.165) is 25.0 Å². The van der Waals surface area contributed by atoms with Crippen LogP contribution in [0, 0.1) is 45.3 Å². The Bertz CT molecular complexity index is 890. The van der Waals surface area contributed by atoms with Crippen LogP contribution in [0.15, 0.2) is 11.6 Å². The number of hydrogen-bond donors (Lipinski definition) is 0. The summed E-state index contributed by atoms with van der Waals surface area (Å²) in [6.45, 7) is 17.0. The first-order valence-electron chi connectivity index (χ1n) is 13.7. The third kappa shape index (κ3) is 3.16. The van der Waals surface area contributed by atoms with Gasteiger partial charge < -0.3 is 4.74 Å². The summed E-state index contributed by atoms with van der Waals surface area (Å²) in [4.78, 5) is 25.6. The maximum Gasteiger partial charge on any atom is 0.158 e. The molecular weight excluding hydrogens is 408 g/mol. The molecule has 0 aromatic heterocycles. The Labute approximate surface area is 201 Å². The second-order valence-electron chi connectivity index (χ2n) is 14.2. The van der Waals surface area contributed by atoms with Gasteiger partial charge >= 0.3 is 0 Å². The summed E-state index contributed by atoms with van der Waals surface area (Å²) < 4.78 is 6.15. The summed E-state index contributed by atoms with van der Waals surface area (Å²) >= 11 is 0. The number of carbonyl (C=O) groups excluding carboxylic acids is 2. The molecule has 184 valence electrons. The highest BCUT2D eigenvalue weighted by Crippen LogP contribution is 2.76. The Balaban J connectivity index is 1.43. The van der Waals surface area contributed by atoms with Gasteiger partial charge in [-0.3, -0.25) is 9.59 Å². The summed E-state index contributed by atoms with van der Waals surface area (Å²) in [5.41, 5.74) is 1.59. The summed E-state index contributed by atoms with van der Waals surface area (Å²) in [6.07, 6.45) is 11.7. The standard InChI is InChI=1S/C30H46O3/c1-19(2)16-20(31)17-30(18-33-30)22-10-14-28(6)21(22)8-9-24-27(5)13-12-25(32)26(3,4)23(27)11-15-29(24,28)7/h16,21-24H,8-15,17-18H2,1-7H3. The van der Waals surface area contributed by atoms with E-state index in [9.17, 15) is 9.59 Å². The average molecular weight is 455 g/mol. The van der Waals surface area contributed by atoms with Gasteiger partial charge in [-0.15, -0.1) is 0 Å². The summed E-state index contributed by atoms with van der Waals surface area (Å²) in [7, 11) is 0. The molecule has 5 fully saturated rings. The summed E-state index contributed by atoms with van der Waals surface area (Å²) in [5.74, 6) is 3.11. The average Bonchev–Trinajstić information content (AvgIpc) is 3.38. The first-order valence-corrected chi connectivity index (χ1v) is 13.7. The first kappa shape index (κ1) is 23.8. The topological polar surface area (TPSA) is 46.7 Å². The molecule has 0 radical (unpaired) electrons. The van der Waals surface area contributed by atoms with Crippen molar-refractivity contribution in [2.45, 2.75) is 112 Å². The first-order chi connectivity index (χ1) is 15.3. The van der Waals surface area contributed by atoms with Crippen LogP contribution < -0.4 is 0 Å². The van der Waals surface area contributed by atoms with Gasteiger partial charge in [-0.25, -0.2) is 0 Å². The lowest BCUT2D eigenvalue weighted by Gasteiger charge is -2.69. The van der Waals surface area contributed by atoms with E-state index in [1.807, 2.05) is 19.9 Å². The van der Waals surface area contributed by atoms with Crippen LogP contribution in [-0.2, 0) is 14.3 Å². The molecule has 1 heterocycles. The molecular formula is C30H46O3. The Hall–Kier alpha value is -0.960. The van der Waals surface area contributed by atoms with E-state index < -0.39 is 0 Å². The molecule has 0 amide bonds. The van der Waals surface area contributed by atoms with E-state index in [2.05, 4.69) is 34.6 Å². The molecule has 5 aliphatic rings. The van der Waals surface area contributed by atoms with E-state index in [1.54, 1.807) is 0 Å². The molecule has 0 bridgehead atoms. The molecule has 33 heavy (non-hydrogen) atoms. The van der Waals surface area contributed by atoms with Crippen molar-refractivity contribution in [2.24, 2.45) is 45.3 Å². The molecule has 0 aromatic carbocycles. The Morgan fingerprint density at radius 2 is 1.58 bits per heavy atom. The molecule has 0 aromatic rings. The second kappa shape index (κ2) is 7.28. The maximum atomic E-state index is 12.9. The zero-order valence-corrected chi connectivity index (χ0v) is 22.2. The quantitative estimate of drug-likeness (QED) is 0.341. The normalized spacial score (nSPS) is 50.1. The minimum atomic E-state index is -0.199. The molecule has 4 saturated carbocycles. The van der Waals surface area contributed by atoms with Gasteiger partial charge in [-0.1, -0.05) is 40.2 Å². The molecule has 3 nitrogen and oxygen atoms in total. The third-order valence-corrected chi connectivity index (χ3v) is 12.3. The van der Waals surface area contributed by atoms with Gasteiger partial charge in [0.25, 0.3) is 0 Å². The van der Waals surface area contributed by atoms with E-state index in [1.165, 1.54) is 38.5 Å². The van der Waals surface area contributed by atoms with Crippen LogP contribution in [0.3, 0.4) is 0 Å². The fourth-order valence-electron chi connectivity index (χ4n) is 10.4. The molecule has 1 aliphatic heterocycles. The zero-order chi connectivity index (χ0) is 24.0. The number of Topliss-reactive ketones (excluding diaryl/α,β-unsaturated/α-hetero) is 1. The van der Waals surface area contributed by atoms with Crippen molar-refractivity contribution in [3.05, 3.63) is 11.6 Å². The predicted molar refractivity (Wildman–Crippen MR) is 132 cm³/mol. The number of epoxide rings is 1. The third-order valence-electron chi connectivity index (χ3n) is 12.3. The van der Waals surface area contributed by atoms with Crippen molar-refractivity contribution in [1.29, 1.82) is 0 Å². The van der Waals surface area contributed by atoms with Crippen LogP contribution in [-0.4, -0.2) is 23.8 Å². The number of ketones is 2. The Morgan fingerprint density at radius 1 is 0.909 bits per heavy atom. The monoisotopic (exact) mass is 454 g/mol. The van der Waals surface area contributed by atoms with E-state index in [4.69, 9.17) is 4.74 Å². The van der Waals surface area contributed by atoms with Gasteiger partial charge in [-0.05, 0) is 105 Å². The lowest BCUT2D eigenvalue weighted by atomic mass is 9.35. The van der Waals surface area contributed by atoms with Crippen molar-refractivity contribution >= 4 is 11.6 Å². The molecule has 4 aliphatic carbocycles. The minimum Gasteiger partial charge on any atom is -0.369 e. The SMILES string of the molecule is CC(C)=CC(=O)CC1(C2CCC3(C)C2CCC2C4(C)CCC(=O)C(C)(C)C4CCC23C)CO1. The fourth-order valence-corrected chi connectivity index (χ4v) is 10.4. The van der Waals surface area contributed by atoms with Gasteiger partial charge in [0, 0.05) is 18.3 Å². The van der Waals surface area contributed by atoms with E-state index in [0.29, 0.717) is 46.7 Å². The zero-order valence-electron chi connectivity index (χ0n) is 22.2. The number of rotatable bonds is 4. The van der Waals surface area contributed by atoms with Crippen molar-refractivity contribution in [1.82, 2.24) is 0 Å². The lowest BCUT2D eigenvalue weighted by molar-refractivity contribution is -0.203. The second-order valence-corrected chi connectivity index (χ2v) is 14.2. The van der Waals surface area contributed by atoms with Crippen LogP contribution in [0.25, 0.3) is 0 Å². The Morgan fingerprint density at radius 3 is 2.21 bits per heavy atom. The number of fused-ring (bicyclic) bond motifs is 5. The van der Waals surface area contributed by atoms with Crippen LogP contribution in [0.2, 0.25) is 0 Å². The van der Waals surface area contributed by atoms with Gasteiger partial charge in [0.15, 0.2) is 5.78 Å². The highest BCUT2D eigenvalue weighted by atomic mass is 16.6. The summed E-state index contributed by atoms with van der Waals surface area (Å²) in [6, 6.07) is 0. The molecule has 5 rings (SSSR count). The minimum absolute atomic E-state index is 0.179. The van der Waals surface area contributed by atoms with Crippen LogP contribution in [0.1, 0.15) is 106 Å². The lowest BCUT2D eigenvalue weighted by Crippen LogP contribution is -2.63. The van der Waals surface area contributed by atoms with Gasteiger partial charge in [0.1, 0.15) is 11.4 Å². The molecule has 8 atom stereocenters. The predicted octanol–water partition coefficient (Wildman–Crippen LogP) is 6.94. The van der Waals surface area contributed by atoms with Crippen molar-refractivity contribution in [3.8, 4) is 0 Å². The van der Waals surface area contributed by atoms with Gasteiger partial charge in [-0.2, -0.15) is 0 Å². The number of ether oxygens (including phenoxy) is 1. The molecule has 1 saturated heterocycles. The fraction of sp³-hybridized carbons (Fsp3) is 0.867. The van der Waals surface area contributed by atoms with Crippen molar-refractivity contribution in [3.63, 3.8) is 0 Å². The van der Waals surface area contributed by atoms with Crippen LogP contribution in [0.5, 0.6) is 0 Å². The van der Waals surface area contributed by atoms with E-state index in [-0.39, 0.29) is 22.2 Å². The smallest absolute Gasteiger partial charge is 0.158 e. The molecule has 0 spiro atoms. The van der Waals surface area contributed by atoms with Crippen molar-refractivity contribution in [2.75, 3.05) is 6.61 Å². The summed E-state index contributed by atoms with van der Waals surface area (Å²) in [5, 5.41) is 0. The highest BCUT2D eigenvalue weighted by Gasteiger charge is 2.71.